The third-order valence-electron chi connectivity index (χ3n) is 4.10. The van der Waals surface area contributed by atoms with Crippen LogP contribution in [0.4, 0.5) is 17.6 Å². The monoisotopic (exact) mass is 510 g/mol. The molecule has 2 aromatic carbocycles. The van der Waals surface area contributed by atoms with Crippen molar-refractivity contribution in [1.82, 2.24) is 15.5 Å². The molecule has 1 unspecified atom stereocenters. The van der Waals surface area contributed by atoms with E-state index in [9.17, 15) is 17.6 Å². The minimum atomic E-state index is -0.639. The SMILES string of the molecule is CN=C(NCc1cc(F)ccc1F)NCC(c1c(F)cccc1F)N(C)C.I. The first-order valence-corrected chi connectivity index (χ1v) is 8.32. The van der Waals surface area contributed by atoms with Gasteiger partial charge in [-0.3, -0.25) is 4.99 Å². The lowest BCUT2D eigenvalue weighted by Crippen LogP contribution is -2.42. The normalized spacial score (nSPS) is 12.5. The summed E-state index contributed by atoms with van der Waals surface area (Å²) in [5, 5.41) is 5.81. The van der Waals surface area contributed by atoms with Gasteiger partial charge in [-0.1, -0.05) is 6.07 Å². The van der Waals surface area contributed by atoms with E-state index in [4.69, 9.17) is 0 Å². The topological polar surface area (TPSA) is 39.7 Å². The summed E-state index contributed by atoms with van der Waals surface area (Å²) in [5.41, 5.74) is 0.0869. The number of nitrogens with one attached hydrogen (secondary N) is 2. The van der Waals surface area contributed by atoms with E-state index in [0.717, 1.165) is 18.2 Å². The minimum absolute atomic E-state index is 0. The Hall–Kier alpha value is -1.88. The molecule has 0 bridgehead atoms. The third-order valence-corrected chi connectivity index (χ3v) is 4.10. The first-order valence-electron chi connectivity index (χ1n) is 8.32. The minimum Gasteiger partial charge on any atom is -0.354 e. The van der Waals surface area contributed by atoms with E-state index in [2.05, 4.69) is 15.6 Å². The second-order valence-electron chi connectivity index (χ2n) is 6.16. The summed E-state index contributed by atoms with van der Waals surface area (Å²) in [5.74, 6) is -2.07. The Morgan fingerprint density at radius 2 is 1.64 bits per heavy atom. The smallest absolute Gasteiger partial charge is 0.191 e. The largest absolute Gasteiger partial charge is 0.354 e. The molecule has 1 atom stereocenters. The Balaban J connectivity index is 0.00000392. The molecule has 2 N–H and O–H groups in total. The number of nitrogens with zero attached hydrogens (tertiary/aromatic N) is 2. The molecular formula is C19H23F4IN4. The molecule has 0 heterocycles. The predicted octanol–water partition coefficient (Wildman–Crippen LogP) is 3.83. The van der Waals surface area contributed by atoms with Crippen molar-refractivity contribution < 1.29 is 17.6 Å². The van der Waals surface area contributed by atoms with Crippen LogP contribution in [-0.2, 0) is 6.54 Å². The average Bonchev–Trinajstić information content (AvgIpc) is 2.62. The van der Waals surface area contributed by atoms with Crippen LogP contribution >= 0.6 is 24.0 Å². The van der Waals surface area contributed by atoms with Gasteiger partial charge in [0, 0.05) is 31.3 Å². The van der Waals surface area contributed by atoms with Crippen molar-refractivity contribution in [3.8, 4) is 0 Å². The number of rotatable bonds is 6. The van der Waals surface area contributed by atoms with Crippen LogP contribution in [0, 0.1) is 23.3 Å². The van der Waals surface area contributed by atoms with Crippen molar-refractivity contribution in [2.24, 2.45) is 4.99 Å². The summed E-state index contributed by atoms with van der Waals surface area (Å²) < 4.78 is 55.1. The highest BCUT2D eigenvalue weighted by molar-refractivity contribution is 14.0. The Morgan fingerprint density at radius 3 is 2.21 bits per heavy atom. The number of benzene rings is 2. The maximum atomic E-state index is 14.1. The highest BCUT2D eigenvalue weighted by atomic mass is 127. The zero-order valence-corrected chi connectivity index (χ0v) is 18.1. The van der Waals surface area contributed by atoms with Gasteiger partial charge in [-0.05, 0) is 44.4 Å². The maximum absolute atomic E-state index is 14.1. The van der Waals surface area contributed by atoms with Crippen LogP contribution in [0.25, 0.3) is 0 Å². The molecule has 28 heavy (non-hydrogen) atoms. The fourth-order valence-corrected chi connectivity index (χ4v) is 2.64. The molecule has 0 saturated heterocycles. The number of hydrogen-bond donors (Lipinski definition) is 2. The molecule has 0 saturated carbocycles. The summed E-state index contributed by atoms with van der Waals surface area (Å²) in [6, 6.07) is 6.29. The second kappa shape index (κ2) is 11.2. The lowest BCUT2D eigenvalue weighted by atomic mass is 10.0. The highest BCUT2D eigenvalue weighted by Gasteiger charge is 2.22. The van der Waals surface area contributed by atoms with Crippen LogP contribution in [0.5, 0.6) is 0 Å². The predicted molar refractivity (Wildman–Crippen MR) is 113 cm³/mol. The Morgan fingerprint density at radius 1 is 1.00 bits per heavy atom. The number of halogens is 5. The van der Waals surface area contributed by atoms with Crippen LogP contribution in [-0.4, -0.2) is 38.5 Å². The fraction of sp³-hybridized carbons (Fsp3) is 0.316. The van der Waals surface area contributed by atoms with E-state index in [1.54, 1.807) is 19.0 Å². The van der Waals surface area contributed by atoms with Gasteiger partial charge in [-0.25, -0.2) is 17.6 Å². The van der Waals surface area contributed by atoms with E-state index in [-0.39, 0.29) is 48.2 Å². The van der Waals surface area contributed by atoms with Gasteiger partial charge in [0.2, 0.25) is 0 Å². The zero-order chi connectivity index (χ0) is 20.0. The van der Waals surface area contributed by atoms with Gasteiger partial charge in [0.1, 0.15) is 23.3 Å². The number of aliphatic imine (C=N–C) groups is 1. The van der Waals surface area contributed by atoms with Gasteiger partial charge in [0.25, 0.3) is 0 Å². The van der Waals surface area contributed by atoms with Crippen molar-refractivity contribution in [1.29, 1.82) is 0 Å². The standard InChI is InChI=1S/C19H22F4N4.HI/c1-24-19(25-10-12-9-13(20)7-8-14(12)21)26-11-17(27(2)3)18-15(22)5-4-6-16(18)23;/h4-9,17H,10-11H2,1-3H3,(H2,24,25,26);1H. The molecule has 0 aliphatic heterocycles. The molecule has 9 heteroatoms. The van der Waals surface area contributed by atoms with E-state index >= 15 is 0 Å². The summed E-state index contributed by atoms with van der Waals surface area (Å²) in [4.78, 5) is 5.67. The Kier molecular flexibility index (Phi) is 9.66. The molecular weight excluding hydrogens is 487 g/mol. The Labute approximate surface area is 179 Å². The number of likely N-dealkylation sites (N-methyl/N-ethyl adjacent to an activating group) is 1. The van der Waals surface area contributed by atoms with Crippen LogP contribution in [0.1, 0.15) is 17.2 Å². The number of hydrogen-bond acceptors (Lipinski definition) is 2. The molecule has 0 aromatic heterocycles. The maximum Gasteiger partial charge on any atom is 0.191 e. The summed E-state index contributed by atoms with van der Waals surface area (Å²) in [6.07, 6.45) is 0. The van der Waals surface area contributed by atoms with E-state index in [1.165, 1.54) is 25.2 Å². The van der Waals surface area contributed by atoms with Crippen molar-refractivity contribution in [2.45, 2.75) is 12.6 Å². The molecule has 0 aliphatic rings. The van der Waals surface area contributed by atoms with Crippen LogP contribution in [0.2, 0.25) is 0 Å². The lowest BCUT2D eigenvalue weighted by molar-refractivity contribution is 0.282. The van der Waals surface area contributed by atoms with Crippen molar-refractivity contribution in [3.05, 3.63) is 70.8 Å². The summed E-state index contributed by atoms with van der Waals surface area (Å²) in [7, 11) is 4.92. The highest BCUT2D eigenvalue weighted by Crippen LogP contribution is 2.23. The molecule has 4 nitrogen and oxygen atoms in total. The molecule has 0 amide bonds. The molecule has 0 fully saturated rings. The van der Waals surface area contributed by atoms with Crippen LogP contribution in [0.3, 0.4) is 0 Å². The molecule has 2 aromatic rings. The fourth-order valence-electron chi connectivity index (χ4n) is 2.64. The van der Waals surface area contributed by atoms with Crippen molar-refractivity contribution in [3.63, 3.8) is 0 Å². The quantitative estimate of drug-likeness (QED) is 0.269. The Bertz CT molecular complexity index is 794. The average molecular weight is 510 g/mol. The van der Waals surface area contributed by atoms with Gasteiger partial charge in [0.05, 0.1) is 6.04 Å². The summed E-state index contributed by atoms with van der Waals surface area (Å²) in [6.45, 7) is 0.153. The van der Waals surface area contributed by atoms with E-state index < -0.39 is 29.3 Å². The van der Waals surface area contributed by atoms with E-state index in [1.807, 2.05) is 0 Å². The van der Waals surface area contributed by atoms with Crippen molar-refractivity contribution in [2.75, 3.05) is 27.7 Å². The second-order valence-corrected chi connectivity index (χ2v) is 6.16. The first-order chi connectivity index (χ1) is 12.8. The molecule has 0 spiro atoms. The van der Waals surface area contributed by atoms with Crippen LogP contribution in [0.15, 0.2) is 41.4 Å². The molecule has 154 valence electrons. The van der Waals surface area contributed by atoms with Crippen molar-refractivity contribution >= 4 is 29.9 Å². The van der Waals surface area contributed by atoms with Gasteiger partial charge in [0.15, 0.2) is 5.96 Å². The molecule has 2 rings (SSSR count). The molecule has 0 aliphatic carbocycles. The first kappa shape index (κ1) is 24.2. The van der Waals surface area contributed by atoms with Gasteiger partial charge in [-0.2, -0.15) is 0 Å². The molecule has 0 radical (unpaired) electrons. The number of guanidine groups is 1. The van der Waals surface area contributed by atoms with Gasteiger partial charge < -0.3 is 15.5 Å². The van der Waals surface area contributed by atoms with Crippen LogP contribution < -0.4 is 10.6 Å². The van der Waals surface area contributed by atoms with Gasteiger partial charge in [-0.15, -0.1) is 24.0 Å². The van der Waals surface area contributed by atoms with E-state index in [0.29, 0.717) is 5.96 Å². The lowest BCUT2D eigenvalue weighted by Gasteiger charge is -2.26. The third kappa shape index (κ3) is 6.33. The van der Waals surface area contributed by atoms with Gasteiger partial charge >= 0.3 is 0 Å². The summed E-state index contributed by atoms with van der Waals surface area (Å²) >= 11 is 0. The zero-order valence-electron chi connectivity index (χ0n) is 15.8.